The van der Waals surface area contributed by atoms with E-state index in [0.29, 0.717) is 24.6 Å². The summed E-state index contributed by atoms with van der Waals surface area (Å²) in [6, 6.07) is 7.68. The third kappa shape index (κ3) is 4.15. The van der Waals surface area contributed by atoms with Gasteiger partial charge in [-0.3, -0.25) is 9.59 Å². The highest BCUT2D eigenvalue weighted by Gasteiger charge is 2.31. The van der Waals surface area contributed by atoms with Crippen molar-refractivity contribution in [3.05, 3.63) is 35.4 Å². The van der Waals surface area contributed by atoms with E-state index in [4.69, 9.17) is 5.73 Å². The first-order chi connectivity index (χ1) is 11.5. The van der Waals surface area contributed by atoms with Gasteiger partial charge < -0.3 is 16.0 Å². The van der Waals surface area contributed by atoms with Crippen LogP contribution in [0.3, 0.4) is 0 Å². The van der Waals surface area contributed by atoms with Gasteiger partial charge in [-0.1, -0.05) is 17.7 Å². The van der Waals surface area contributed by atoms with Crippen molar-refractivity contribution in [2.75, 3.05) is 19.6 Å². The average Bonchev–Trinajstić information content (AvgIpc) is 3.44. The second-order valence-corrected chi connectivity index (χ2v) is 7.20. The first-order valence-corrected chi connectivity index (χ1v) is 8.94. The molecule has 24 heavy (non-hydrogen) atoms. The van der Waals surface area contributed by atoms with Crippen LogP contribution < -0.4 is 11.1 Å². The Morgan fingerprint density at radius 1 is 1.25 bits per heavy atom. The Bertz CT molecular complexity index is 595. The minimum atomic E-state index is -0.125. The largest absolute Gasteiger partial charge is 0.354 e. The summed E-state index contributed by atoms with van der Waals surface area (Å²) in [5.74, 6) is 0.505. The Morgan fingerprint density at radius 3 is 2.62 bits per heavy atom. The molecule has 5 nitrogen and oxygen atoms in total. The van der Waals surface area contributed by atoms with Gasteiger partial charge in [0.1, 0.15) is 0 Å². The van der Waals surface area contributed by atoms with Gasteiger partial charge in [0, 0.05) is 31.2 Å². The number of piperidine rings is 1. The first kappa shape index (κ1) is 17.0. The molecular formula is C19H27N3O2. The zero-order valence-electron chi connectivity index (χ0n) is 14.3. The van der Waals surface area contributed by atoms with Gasteiger partial charge in [0.25, 0.3) is 5.91 Å². The van der Waals surface area contributed by atoms with E-state index in [9.17, 15) is 9.59 Å². The smallest absolute Gasteiger partial charge is 0.253 e. The average molecular weight is 329 g/mol. The lowest BCUT2D eigenvalue weighted by Gasteiger charge is -2.32. The molecule has 0 radical (unpaired) electrons. The molecule has 2 unspecified atom stereocenters. The second kappa shape index (κ2) is 7.34. The molecule has 1 aliphatic heterocycles. The minimum Gasteiger partial charge on any atom is -0.354 e. The molecule has 2 aliphatic rings. The summed E-state index contributed by atoms with van der Waals surface area (Å²) in [5.41, 5.74) is 7.87. The molecule has 2 fully saturated rings. The number of carbonyl (C=O) groups is 2. The summed E-state index contributed by atoms with van der Waals surface area (Å²) in [4.78, 5) is 26.8. The minimum absolute atomic E-state index is 0.0159. The molecule has 1 saturated carbocycles. The lowest BCUT2D eigenvalue weighted by atomic mass is 9.96. The van der Waals surface area contributed by atoms with Crippen molar-refractivity contribution in [3.8, 4) is 0 Å². The van der Waals surface area contributed by atoms with Crippen LogP contribution in [0.1, 0.15) is 41.6 Å². The molecule has 1 heterocycles. The molecular weight excluding hydrogens is 302 g/mol. The predicted molar refractivity (Wildman–Crippen MR) is 93.5 cm³/mol. The fourth-order valence-corrected chi connectivity index (χ4v) is 3.31. The van der Waals surface area contributed by atoms with Crippen molar-refractivity contribution in [1.29, 1.82) is 0 Å². The maximum absolute atomic E-state index is 12.6. The molecule has 5 heteroatoms. The molecule has 0 bridgehead atoms. The number of aryl methyl sites for hydroxylation is 1. The van der Waals surface area contributed by atoms with E-state index >= 15 is 0 Å². The summed E-state index contributed by atoms with van der Waals surface area (Å²) < 4.78 is 0. The Balaban J connectivity index is 1.54. The van der Waals surface area contributed by atoms with Gasteiger partial charge in [-0.25, -0.2) is 0 Å². The maximum Gasteiger partial charge on any atom is 0.253 e. The van der Waals surface area contributed by atoms with Crippen molar-refractivity contribution >= 4 is 11.8 Å². The number of hydrogen-bond donors (Lipinski definition) is 2. The summed E-state index contributed by atoms with van der Waals surface area (Å²) in [5, 5.41) is 2.98. The van der Waals surface area contributed by atoms with Crippen molar-refractivity contribution in [3.63, 3.8) is 0 Å². The normalized spacial score (nSPS) is 22.1. The topological polar surface area (TPSA) is 75.4 Å². The van der Waals surface area contributed by atoms with Crippen LogP contribution in [-0.2, 0) is 4.79 Å². The number of amides is 2. The summed E-state index contributed by atoms with van der Waals surface area (Å²) in [6.07, 6.45) is 4.06. The number of carbonyl (C=O) groups excluding carboxylic acids is 2. The van der Waals surface area contributed by atoms with Crippen molar-refractivity contribution in [2.24, 2.45) is 17.6 Å². The molecule has 1 aliphatic carbocycles. The molecule has 2 atom stereocenters. The van der Waals surface area contributed by atoms with Gasteiger partial charge in [-0.05, 0) is 50.7 Å². The van der Waals surface area contributed by atoms with E-state index in [1.54, 1.807) is 4.90 Å². The van der Waals surface area contributed by atoms with E-state index in [1.807, 2.05) is 31.2 Å². The van der Waals surface area contributed by atoms with Crippen LogP contribution in [-0.4, -0.2) is 42.4 Å². The van der Waals surface area contributed by atoms with Gasteiger partial charge in [0.2, 0.25) is 5.91 Å². The van der Waals surface area contributed by atoms with Crippen molar-refractivity contribution in [1.82, 2.24) is 10.2 Å². The van der Waals surface area contributed by atoms with E-state index in [0.717, 1.165) is 24.9 Å². The van der Waals surface area contributed by atoms with Crippen LogP contribution in [0.4, 0.5) is 0 Å². The van der Waals surface area contributed by atoms with Gasteiger partial charge in [0.05, 0.1) is 5.92 Å². The number of benzene rings is 1. The Morgan fingerprint density at radius 2 is 1.96 bits per heavy atom. The van der Waals surface area contributed by atoms with Crippen LogP contribution in [0.15, 0.2) is 24.3 Å². The zero-order chi connectivity index (χ0) is 17.1. The Labute approximate surface area is 143 Å². The summed E-state index contributed by atoms with van der Waals surface area (Å²) in [6.45, 7) is 3.77. The van der Waals surface area contributed by atoms with Crippen LogP contribution in [0.25, 0.3) is 0 Å². The quantitative estimate of drug-likeness (QED) is 0.863. The van der Waals surface area contributed by atoms with E-state index in [1.165, 1.54) is 12.8 Å². The van der Waals surface area contributed by atoms with Gasteiger partial charge in [0.15, 0.2) is 0 Å². The summed E-state index contributed by atoms with van der Waals surface area (Å²) in [7, 11) is 0. The number of hydrogen-bond acceptors (Lipinski definition) is 3. The van der Waals surface area contributed by atoms with Crippen LogP contribution >= 0.6 is 0 Å². The number of nitrogens with zero attached hydrogens (tertiary/aromatic N) is 1. The summed E-state index contributed by atoms with van der Waals surface area (Å²) >= 11 is 0. The lowest BCUT2D eigenvalue weighted by Crippen LogP contribution is -2.47. The van der Waals surface area contributed by atoms with Crippen LogP contribution in [0, 0.1) is 18.8 Å². The van der Waals surface area contributed by atoms with Gasteiger partial charge >= 0.3 is 0 Å². The third-order valence-corrected chi connectivity index (χ3v) is 5.12. The highest BCUT2D eigenvalue weighted by atomic mass is 16.2. The molecule has 0 aromatic heterocycles. The highest BCUT2D eigenvalue weighted by Crippen LogP contribution is 2.31. The van der Waals surface area contributed by atoms with E-state index in [-0.39, 0.29) is 23.8 Å². The molecule has 1 aromatic carbocycles. The van der Waals surface area contributed by atoms with E-state index in [2.05, 4.69) is 5.32 Å². The van der Waals surface area contributed by atoms with Crippen LogP contribution in [0.5, 0.6) is 0 Å². The molecule has 1 aromatic rings. The number of nitrogens with one attached hydrogen (secondary N) is 1. The molecule has 2 amide bonds. The monoisotopic (exact) mass is 329 g/mol. The van der Waals surface area contributed by atoms with E-state index < -0.39 is 0 Å². The van der Waals surface area contributed by atoms with Gasteiger partial charge in [-0.15, -0.1) is 0 Å². The molecule has 3 N–H and O–H groups in total. The third-order valence-electron chi connectivity index (χ3n) is 5.12. The van der Waals surface area contributed by atoms with Gasteiger partial charge in [-0.2, -0.15) is 0 Å². The fraction of sp³-hybridized carbons (Fsp3) is 0.579. The molecule has 130 valence electrons. The maximum atomic E-state index is 12.6. The SMILES string of the molecule is Cc1ccc(C(=O)N2CCCC(C(=O)NCC(N)C3CC3)C2)cc1. The van der Waals surface area contributed by atoms with Crippen molar-refractivity contribution < 1.29 is 9.59 Å². The first-order valence-electron chi connectivity index (χ1n) is 8.94. The Kier molecular flexibility index (Phi) is 5.19. The number of likely N-dealkylation sites (tertiary alicyclic amines) is 1. The predicted octanol–water partition coefficient (Wildman–Crippen LogP) is 1.70. The highest BCUT2D eigenvalue weighted by molar-refractivity contribution is 5.94. The number of rotatable bonds is 5. The molecule has 3 rings (SSSR count). The van der Waals surface area contributed by atoms with Crippen LogP contribution in [0.2, 0.25) is 0 Å². The fourth-order valence-electron chi connectivity index (χ4n) is 3.31. The van der Waals surface area contributed by atoms with Crippen molar-refractivity contribution in [2.45, 2.75) is 38.6 Å². The Hall–Kier alpha value is -1.88. The lowest BCUT2D eigenvalue weighted by molar-refractivity contribution is -0.126. The molecule has 0 spiro atoms. The molecule has 1 saturated heterocycles. The standard InChI is InChI=1S/C19H27N3O2/c1-13-4-6-15(7-5-13)19(24)22-10-2-3-16(12-22)18(23)21-11-17(20)14-8-9-14/h4-7,14,16-17H,2-3,8-12,20H2,1H3,(H,21,23). The second-order valence-electron chi connectivity index (χ2n) is 7.20. The zero-order valence-corrected chi connectivity index (χ0v) is 14.3. The number of nitrogens with two attached hydrogens (primary N) is 1.